The Bertz CT molecular complexity index is 417. The number of halogens is 1. The predicted octanol–water partition coefficient (Wildman–Crippen LogP) is 3.30. The van der Waals surface area contributed by atoms with Gasteiger partial charge in [0.05, 0.1) is 6.61 Å². The average molecular weight is 270 g/mol. The van der Waals surface area contributed by atoms with Crippen molar-refractivity contribution in [1.29, 1.82) is 0 Å². The highest BCUT2D eigenvalue weighted by Crippen LogP contribution is 2.14. The highest BCUT2D eigenvalue weighted by Gasteiger charge is 2.20. The van der Waals surface area contributed by atoms with Crippen LogP contribution in [0.3, 0.4) is 0 Å². The fraction of sp³-hybridized carbons (Fsp3) is 0.385. The van der Waals surface area contributed by atoms with Gasteiger partial charge >= 0.3 is 5.37 Å². The summed E-state index contributed by atoms with van der Waals surface area (Å²) >= 11 is 5.39. The summed E-state index contributed by atoms with van der Waals surface area (Å²) in [5.41, 5.74) is 0.418. The maximum Gasteiger partial charge on any atom is 0.323 e. The second-order valence-electron chi connectivity index (χ2n) is 3.67. The molecule has 0 unspecified atom stereocenters. The zero-order chi connectivity index (χ0) is 13.5. The van der Waals surface area contributed by atoms with Gasteiger partial charge in [-0.15, -0.1) is 0 Å². The monoisotopic (exact) mass is 269 g/mol. The van der Waals surface area contributed by atoms with Gasteiger partial charge < -0.3 is 4.74 Å². The molecule has 0 saturated carbocycles. The lowest BCUT2D eigenvalue weighted by Crippen LogP contribution is -2.33. The Balaban J connectivity index is 2.84. The third-order valence-electron chi connectivity index (χ3n) is 2.32. The summed E-state index contributed by atoms with van der Waals surface area (Å²) in [4.78, 5) is 24.2. The van der Waals surface area contributed by atoms with Crippen LogP contribution in [-0.2, 0) is 0 Å². The van der Waals surface area contributed by atoms with Crippen molar-refractivity contribution in [2.75, 3.05) is 13.2 Å². The summed E-state index contributed by atoms with van der Waals surface area (Å²) in [7, 11) is 0. The number of hydrogen-bond donors (Lipinski definition) is 0. The molecule has 0 saturated heterocycles. The minimum atomic E-state index is -0.754. The number of carbonyl (C=O) groups excluding carboxylic acids is 2. The first-order chi connectivity index (χ1) is 8.60. The van der Waals surface area contributed by atoms with Gasteiger partial charge in [-0.25, -0.2) is 0 Å². The van der Waals surface area contributed by atoms with E-state index in [9.17, 15) is 9.59 Å². The Hall–Kier alpha value is -1.55. The minimum Gasteiger partial charge on any atom is -0.494 e. The van der Waals surface area contributed by atoms with Crippen molar-refractivity contribution in [2.45, 2.75) is 20.3 Å². The fourth-order valence-corrected chi connectivity index (χ4v) is 1.67. The molecule has 5 heteroatoms. The van der Waals surface area contributed by atoms with Gasteiger partial charge in [-0.3, -0.25) is 14.5 Å². The molecule has 0 bridgehead atoms. The van der Waals surface area contributed by atoms with Gasteiger partial charge in [-0.2, -0.15) is 0 Å². The number of nitrogens with zero attached hydrogens (tertiary/aromatic N) is 1. The summed E-state index contributed by atoms with van der Waals surface area (Å²) in [6.07, 6.45) is 0.668. The fourth-order valence-electron chi connectivity index (χ4n) is 1.51. The zero-order valence-electron chi connectivity index (χ0n) is 10.5. The van der Waals surface area contributed by atoms with Crippen LogP contribution in [0.15, 0.2) is 24.3 Å². The van der Waals surface area contributed by atoms with E-state index in [0.717, 1.165) is 4.90 Å². The van der Waals surface area contributed by atoms with E-state index in [2.05, 4.69) is 0 Å². The second-order valence-corrected chi connectivity index (χ2v) is 3.99. The molecule has 1 rings (SSSR count). The third kappa shape index (κ3) is 3.74. The molecular formula is C13H16ClNO3. The maximum absolute atomic E-state index is 12.0. The molecule has 0 heterocycles. The molecule has 98 valence electrons. The van der Waals surface area contributed by atoms with Crippen LogP contribution in [0.5, 0.6) is 5.75 Å². The molecular weight excluding hydrogens is 254 g/mol. The molecule has 0 fully saturated rings. The van der Waals surface area contributed by atoms with E-state index >= 15 is 0 Å². The number of hydrogen-bond acceptors (Lipinski definition) is 3. The highest BCUT2D eigenvalue weighted by atomic mass is 35.5. The Morgan fingerprint density at radius 3 is 2.28 bits per heavy atom. The molecule has 0 aromatic heterocycles. The van der Waals surface area contributed by atoms with Gasteiger partial charge in [0.2, 0.25) is 0 Å². The Morgan fingerprint density at radius 1 is 1.22 bits per heavy atom. The lowest BCUT2D eigenvalue weighted by atomic mass is 10.2. The normalized spacial score (nSPS) is 9.94. The largest absolute Gasteiger partial charge is 0.494 e. The summed E-state index contributed by atoms with van der Waals surface area (Å²) in [6, 6.07) is 6.63. The van der Waals surface area contributed by atoms with Gasteiger partial charge in [-0.05, 0) is 49.2 Å². The zero-order valence-corrected chi connectivity index (χ0v) is 11.2. The van der Waals surface area contributed by atoms with E-state index in [0.29, 0.717) is 30.9 Å². The van der Waals surface area contributed by atoms with Crippen molar-refractivity contribution in [3.8, 4) is 5.75 Å². The van der Waals surface area contributed by atoms with Gasteiger partial charge in [0, 0.05) is 12.1 Å². The molecule has 4 nitrogen and oxygen atoms in total. The van der Waals surface area contributed by atoms with Crippen molar-refractivity contribution in [2.24, 2.45) is 0 Å². The Labute approximate surface area is 111 Å². The third-order valence-corrected chi connectivity index (χ3v) is 2.52. The SMILES string of the molecule is CCCN(C(=O)Cl)C(=O)c1ccc(OCC)cc1. The van der Waals surface area contributed by atoms with E-state index in [4.69, 9.17) is 16.3 Å². The summed E-state index contributed by atoms with van der Waals surface area (Å²) < 4.78 is 5.28. The second kappa shape index (κ2) is 7.01. The van der Waals surface area contributed by atoms with Crippen LogP contribution >= 0.6 is 11.6 Å². The van der Waals surface area contributed by atoms with E-state index in [1.807, 2.05) is 13.8 Å². The number of ether oxygens (including phenoxy) is 1. The number of rotatable bonds is 5. The molecule has 2 amide bonds. The summed E-state index contributed by atoms with van der Waals surface area (Å²) in [6.45, 7) is 4.64. The van der Waals surface area contributed by atoms with E-state index in [-0.39, 0.29) is 5.91 Å². The Kier molecular flexibility index (Phi) is 5.65. The van der Waals surface area contributed by atoms with Crippen molar-refractivity contribution in [3.05, 3.63) is 29.8 Å². The molecule has 1 aromatic carbocycles. The molecule has 0 atom stereocenters. The van der Waals surface area contributed by atoms with Gasteiger partial charge in [0.15, 0.2) is 0 Å². The van der Waals surface area contributed by atoms with Crippen LogP contribution in [0, 0.1) is 0 Å². The minimum absolute atomic E-state index is 0.314. The molecule has 0 spiro atoms. The van der Waals surface area contributed by atoms with Crippen molar-refractivity contribution in [3.63, 3.8) is 0 Å². The van der Waals surface area contributed by atoms with Gasteiger partial charge in [0.25, 0.3) is 5.91 Å². The highest BCUT2D eigenvalue weighted by molar-refractivity contribution is 6.64. The smallest absolute Gasteiger partial charge is 0.323 e. The molecule has 18 heavy (non-hydrogen) atoms. The maximum atomic E-state index is 12.0. The molecule has 0 aliphatic rings. The summed E-state index contributed by atoms with van der Waals surface area (Å²) in [5.74, 6) is 0.299. The van der Waals surface area contributed by atoms with Gasteiger partial charge in [-0.1, -0.05) is 6.92 Å². The van der Waals surface area contributed by atoms with Crippen LogP contribution in [0.4, 0.5) is 4.79 Å². The number of carbonyl (C=O) groups is 2. The molecule has 0 aliphatic carbocycles. The van der Waals surface area contributed by atoms with Crippen LogP contribution in [-0.4, -0.2) is 29.3 Å². The molecule has 0 N–H and O–H groups in total. The molecule has 1 aromatic rings. The topological polar surface area (TPSA) is 46.6 Å². The lowest BCUT2D eigenvalue weighted by Gasteiger charge is -2.16. The number of imide groups is 1. The van der Waals surface area contributed by atoms with Crippen molar-refractivity contribution < 1.29 is 14.3 Å². The van der Waals surface area contributed by atoms with Crippen LogP contribution < -0.4 is 4.74 Å². The first-order valence-electron chi connectivity index (χ1n) is 5.84. The standard InChI is InChI=1S/C13H16ClNO3/c1-3-9-15(13(14)17)12(16)10-5-7-11(8-6-10)18-4-2/h5-8H,3-4,9H2,1-2H3. The van der Waals surface area contributed by atoms with Crippen molar-refractivity contribution in [1.82, 2.24) is 4.90 Å². The lowest BCUT2D eigenvalue weighted by molar-refractivity contribution is 0.0819. The van der Waals surface area contributed by atoms with E-state index in [1.165, 1.54) is 0 Å². The quantitative estimate of drug-likeness (QED) is 0.609. The predicted molar refractivity (Wildman–Crippen MR) is 70.2 cm³/mol. The first kappa shape index (κ1) is 14.5. The first-order valence-corrected chi connectivity index (χ1v) is 6.22. The molecule has 0 radical (unpaired) electrons. The number of amides is 2. The van der Waals surface area contributed by atoms with Crippen molar-refractivity contribution >= 4 is 22.9 Å². The van der Waals surface area contributed by atoms with Crippen LogP contribution in [0.1, 0.15) is 30.6 Å². The van der Waals surface area contributed by atoms with Gasteiger partial charge in [0.1, 0.15) is 5.75 Å². The van der Waals surface area contributed by atoms with E-state index < -0.39 is 5.37 Å². The summed E-state index contributed by atoms with van der Waals surface area (Å²) in [5, 5.41) is -0.754. The Morgan fingerprint density at radius 2 is 1.83 bits per heavy atom. The average Bonchev–Trinajstić information content (AvgIpc) is 2.36. The van der Waals surface area contributed by atoms with Crippen LogP contribution in [0.25, 0.3) is 0 Å². The molecule has 0 aliphatic heterocycles. The number of benzene rings is 1. The van der Waals surface area contributed by atoms with E-state index in [1.54, 1.807) is 24.3 Å². The van der Waals surface area contributed by atoms with Crippen LogP contribution in [0.2, 0.25) is 0 Å².